The number of fused-ring (bicyclic) bond motifs is 1. The van der Waals surface area contributed by atoms with Gasteiger partial charge >= 0.3 is 0 Å². The summed E-state index contributed by atoms with van der Waals surface area (Å²) in [5, 5.41) is 18.0. The van der Waals surface area contributed by atoms with Crippen LogP contribution in [-0.2, 0) is 0 Å². The zero-order valence-corrected chi connectivity index (χ0v) is 14.1. The van der Waals surface area contributed by atoms with Crippen LogP contribution in [0.4, 0.5) is 11.6 Å². The lowest BCUT2D eigenvalue weighted by molar-refractivity contribution is 0.782. The summed E-state index contributed by atoms with van der Waals surface area (Å²) in [7, 11) is 0. The number of nitriles is 1. The van der Waals surface area contributed by atoms with E-state index in [1.165, 1.54) is 0 Å². The van der Waals surface area contributed by atoms with Crippen LogP contribution in [0.15, 0.2) is 36.5 Å². The van der Waals surface area contributed by atoms with E-state index < -0.39 is 0 Å². The topological polar surface area (TPSA) is 73.3 Å². The van der Waals surface area contributed by atoms with E-state index >= 15 is 0 Å². The minimum absolute atomic E-state index is 0.596. The van der Waals surface area contributed by atoms with Crippen molar-refractivity contribution in [3.63, 3.8) is 0 Å². The first-order chi connectivity index (χ1) is 12.3. The summed E-state index contributed by atoms with van der Waals surface area (Å²) in [5.41, 5.74) is 2.32. The van der Waals surface area contributed by atoms with Gasteiger partial charge in [-0.25, -0.2) is 4.98 Å². The second-order valence-corrected chi connectivity index (χ2v) is 6.19. The fourth-order valence-corrected chi connectivity index (χ4v) is 3.23. The van der Waals surface area contributed by atoms with Crippen LogP contribution in [0, 0.1) is 18.3 Å². The van der Waals surface area contributed by atoms with Crippen molar-refractivity contribution in [3.8, 4) is 6.07 Å². The van der Waals surface area contributed by atoms with Gasteiger partial charge in [0.2, 0.25) is 0 Å². The Morgan fingerprint density at radius 1 is 1.00 bits per heavy atom. The summed E-state index contributed by atoms with van der Waals surface area (Å²) in [5.74, 6) is 1.67. The van der Waals surface area contributed by atoms with Gasteiger partial charge in [-0.2, -0.15) is 10.4 Å². The molecule has 1 saturated heterocycles. The van der Waals surface area contributed by atoms with E-state index in [0.29, 0.717) is 5.69 Å². The van der Waals surface area contributed by atoms with Gasteiger partial charge in [-0.3, -0.25) is 4.40 Å². The van der Waals surface area contributed by atoms with E-state index in [-0.39, 0.29) is 0 Å². The second-order valence-electron chi connectivity index (χ2n) is 6.19. The largest absolute Gasteiger partial charge is 0.353 e. The summed E-state index contributed by atoms with van der Waals surface area (Å²) in [6.07, 6.45) is 2.87. The Morgan fingerprint density at radius 3 is 2.64 bits per heavy atom. The Bertz CT molecular complexity index is 923. The number of rotatable bonds is 2. The number of hydrogen-bond acceptors (Lipinski definition) is 6. The molecule has 25 heavy (non-hydrogen) atoms. The van der Waals surface area contributed by atoms with Crippen LogP contribution in [0.5, 0.6) is 0 Å². The summed E-state index contributed by atoms with van der Waals surface area (Å²) < 4.78 is 1.85. The average molecular weight is 333 g/mol. The van der Waals surface area contributed by atoms with Crippen LogP contribution >= 0.6 is 0 Å². The molecule has 0 amide bonds. The molecule has 0 aliphatic carbocycles. The first-order valence-corrected chi connectivity index (χ1v) is 8.43. The van der Waals surface area contributed by atoms with Crippen molar-refractivity contribution in [2.75, 3.05) is 36.0 Å². The number of hydrogen-bond donors (Lipinski definition) is 0. The van der Waals surface area contributed by atoms with Gasteiger partial charge in [0.25, 0.3) is 0 Å². The molecule has 4 heterocycles. The third-order valence-corrected chi connectivity index (χ3v) is 4.52. The van der Waals surface area contributed by atoms with Crippen LogP contribution in [-0.4, -0.2) is 45.8 Å². The van der Waals surface area contributed by atoms with Crippen LogP contribution < -0.4 is 9.80 Å². The molecule has 0 radical (unpaired) electrons. The zero-order valence-electron chi connectivity index (χ0n) is 14.1. The second kappa shape index (κ2) is 6.40. The van der Waals surface area contributed by atoms with Crippen molar-refractivity contribution in [1.82, 2.24) is 19.6 Å². The van der Waals surface area contributed by atoms with E-state index in [9.17, 15) is 5.26 Å². The highest BCUT2D eigenvalue weighted by molar-refractivity contribution is 5.60. The number of nitrogens with zero attached hydrogens (tertiary/aromatic N) is 7. The van der Waals surface area contributed by atoms with Crippen LogP contribution in [0.25, 0.3) is 5.65 Å². The number of pyridine rings is 1. The summed E-state index contributed by atoms with van der Waals surface area (Å²) in [6, 6.07) is 12.1. The van der Waals surface area contributed by atoms with E-state index in [0.717, 1.165) is 55.6 Å². The van der Waals surface area contributed by atoms with Gasteiger partial charge in [0.15, 0.2) is 17.3 Å². The van der Waals surface area contributed by atoms with E-state index in [4.69, 9.17) is 0 Å². The van der Waals surface area contributed by atoms with Crippen molar-refractivity contribution in [2.24, 2.45) is 0 Å². The van der Waals surface area contributed by atoms with Gasteiger partial charge in [0.1, 0.15) is 11.7 Å². The number of anilines is 2. The molecule has 1 aliphatic heterocycles. The molecular weight excluding hydrogens is 314 g/mol. The first-order valence-electron chi connectivity index (χ1n) is 8.43. The molecular formula is C18H19N7. The Morgan fingerprint density at radius 2 is 1.84 bits per heavy atom. The fourth-order valence-electron chi connectivity index (χ4n) is 3.23. The minimum Gasteiger partial charge on any atom is -0.353 e. The quantitative estimate of drug-likeness (QED) is 0.714. The van der Waals surface area contributed by atoms with Gasteiger partial charge in [-0.05, 0) is 37.6 Å². The smallest absolute Gasteiger partial charge is 0.169 e. The van der Waals surface area contributed by atoms with Crippen LogP contribution in [0.3, 0.4) is 0 Å². The van der Waals surface area contributed by atoms with Crippen molar-refractivity contribution < 1.29 is 0 Å². The molecule has 0 unspecified atom stereocenters. The maximum absolute atomic E-state index is 9.60. The molecule has 4 rings (SSSR count). The van der Waals surface area contributed by atoms with Gasteiger partial charge in [0.05, 0.1) is 5.69 Å². The summed E-state index contributed by atoms with van der Waals surface area (Å²) >= 11 is 0. The van der Waals surface area contributed by atoms with E-state index in [1.54, 1.807) is 0 Å². The molecule has 126 valence electrons. The predicted molar refractivity (Wildman–Crippen MR) is 95.7 cm³/mol. The Hall–Kier alpha value is -3.14. The van der Waals surface area contributed by atoms with E-state index in [1.807, 2.05) is 47.9 Å². The Labute approximate surface area is 146 Å². The number of aromatic nitrogens is 4. The monoisotopic (exact) mass is 333 g/mol. The maximum Gasteiger partial charge on any atom is 0.169 e. The molecule has 7 heteroatoms. The molecule has 0 atom stereocenters. The molecule has 3 aromatic heterocycles. The molecule has 0 saturated carbocycles. The molecule has 0 aromatic carbocycles. The maximum atomic E-state index is 9.60. The highest BCUT2D eigenvalue weighted by Gasteiger charge is 2.22. The Balaban J connectivity index is 1.59. The van der Waals surface area contributed by atoms with Crippen molar-refractivity contribution >= 4 is 17.3 Å². The van der Waals surface area contributed by atoms with Crippen LogP contribution in [0.1, 0.15) is 17.8 Å². The highest BCUT2D eigenvalue weighted by atomic mass is 15.3. The lowest BCUT2D eigenvalue weighted by atomic mass is 10.3. The van der Waals surface area contributed by atoms with Crippen molar-refractivity contribution in [3.05, 3.63) is 47.9 Å². The Kier molecular flexibility index (Phi) is 3.94. The summed E-state index contributed by atoms with van der Waals surface area (Å²) in [6.45, 7) is 5.36. The molecule has 3 aromatic rings. The molecule has 0 N–H and O–H groups in total. The van der Waals surface area contributed by atoms with Gasteiger partial charge < -0.3 is 9.80 Å². The van der Waals surface area contributed by atoms with Crippen molar-refractivity contribution in [2.45, 2.75) is 13.3 Å². The van der Waals surface area contributed by atoms with Crippen molar-refractivity contribution in [1.29, 1.82) is 5.26 Å². The average Bonchev–Trinajstić information content (AvgIpc) is 2.84. The van der Waals surface area contributed by atoms with Crippen LogP contribution in [0.2, 0.25) is 0 Å². The number of imidazole rings is 1. The third-order valence-electron chi connectivity index (χ3n) is 4.52. The summed E-state index contributed by atoms with van der Waals surface area (Å²) in [4.78, 5) is 9.12. The first kappa shape index (κ1) is 15.4. The normalized spacial score (nSPS) is 15.2. The predicted octanol–water partition coefficient (Wildman–Crippen LogP) is 2.02. The molecule has 0 spiro atoms. The number of aryl methyl sites for hydroxylation is 1. The van der Waals surface area contributed by atoms with E-state index in [2.05, 4.69) is 31.1 Å². The molecule has 1 fully saturated rings. The standard InChI is InChI=1S/C18H19N7/c1-14-6-7-17(22-21-14)23-8-4-9-24(12-11-23)18-15(13-19)25-10-3-2-5-16(25)20-18/h2-3,5-7,10H,4,8-9,11-12H2,1H3. The fraction of sp³-hybridized carbons (Fsp3) is 0.333. The van der Waals surface area contributed by atoms with Gasteiger partial charge in [-0.1, -0.05) is 6.07 Å². The minimum atomic E-state index is 0.596. The molecule has 0 bridgehead atoms. The third kappa shape index (κ3) is 2.87. The lowest BCUT2D eigenvalue weighted by Gasteiger charge is -2.22. The SMILES string of the molecule is Cc1ccc(N2CCCN(c3nc4ccccn4c3C#N)CC2)nn1. The van der Waals surface area contributed by atoms with Gasteiger partial charge in [-0.15, -0.1) is 5.10 Å². The molecule has 1 aliphatic rings. The molecule has 7 nitrogen and oxygen atoms in total. The highest BCUT2D eigenvalue weighted by Crippen LogP contribution is 2.23. The lowest BCUT2D eigenvalue weighted by Crippen LogP contribution is -2.31. The van der Waals surface area contributed by atoms with Gasteiger partial charge in [0, 0.05) is 32.4 Å². The zero-order chi connectivity index (χ0) is 17.2.